The number of pyridine rings is 1. The highest BCUT2D eigenvalue weighted by Gasteiger charge is 2.11. The predicted molar refractivity (Wildman–Crippen MR) is 87.0 cm³/mol. The lowest BCUT2D eigenvalue weighted by Gasteiger charge is -2.07. The molecule has 0 atom stereocenters. The van der Waals surface area contributed by atoms with Crippen molar-refractivity contribution in [2.45, 2.75) is 6.54 Å². The van der Waals surface area contributed by atoms with Gasteiger partial charge in [-0.25, -0.2) is 4.79 Å². The lowest BCUT2D eigenvalue weighted by molar-refractivity contribution is 0.742. The SMILES string of the molecule is O=c1[nH]ccn1Cc1ccc(-c2ccccc2-c2nn[nH]n2)cn1. The van der Waals surface area contributed by atoms with Gasteiger partial charge in [0.15, 0.2) is 0 Å². The van der Waals surface area contributed by atoms with Crippen molar-refractivity contribution in [1.82, 2.24) is 35.2 Å². The van der Waals surface area contributed by atoms with Gasteiger partial charge in [-0.15, -0.1) is 10.2 Å². The topological polar surface area (TPSA) is 105 Å². The zero-order chi connectivity index (χ0) is 16.4. The molecule has 24 heavy (non-hydrogen) atoms. The molecule has 2 N–H and O–H groups in total. The van der Waals surface area contributed by atoms with Gasteiger partial charge in [0.25, 0.3) is 0 Å². The molecule has 0 saturated heterocycles. The number of H-pyrrole nitrogens is 2. The van der Waals surface area contributed by atoms with E-state index in [1.165, 1.54) is 0 Å². The van der Waals surface area contributed by atoms with E-state index in [1.807, 2.05) is 36.4 Å². The summed E-state index contributed by atoms with van der Waals surface area (Å²) in [5.74, 6) is 0.536. The molecule has 0 radical (unpaired) electrons. The average Bonchev–Trinajstić information content (AvgIpc) is 3.28. The lowest BCUT2D eigenvalue weighted by Crippen LogP contribution is -2.17. The van der Waals surface area contributed by atoms with Gasteiger partial charge in [-0.3, -0.25) is 9.55 Å². The molecule has 0 aliphatic heterocycles. The summed E-state index contributed by atoms with van der Waals surface area (Å²) in [5, 5.41) is 14.2. The molecule has 0 saturated carbocycles. The van der Waals surface area contributed by atoms with Crippen molar-refractivity contribution in [3.63, 3.8) is 0 Å². The lowest BCUT2D eigenvalue weighted by atomic mass is 10.0. The maximum Gasteiger partial charge on any atom is 0.325 e. The smallest absolute Gasteiger partial charge is 0.313 e. The van der Waals surface area contributed by atoms with Crippen LogP contribution in [0, 0.1) is 0 Å². The zero-order valence-corrected chi connectivity index (χ0v) is 12.5. The van der Waals surface area contributed by atoms with Gasteiger partial charge in [0, 0.05) is 29.7 Å². The van der Waals surface area contributed by atoms with Crippen LogP contribution in [0.2, 0.25) is 0 Å². The van der Waals surface area contributed by atoms with E-state index >= 15 is 0 Å². The van der Waals surface area contributed by atoms with Crippen molar-refractivity contribution >= 4 is 0 Å². The van der Waals surface area contributed by atoms with Crippen LogP contribution < -0.4 is 5.69 Å². The summed E-state index contributed by atoms with van der Waals surface area (Å²) in [5.41, 5.74) is 3.45. The van der Waals surface area contributed by atoms with Crippen molar-refractivity contribution in [3.05, 3.63) is 71.2 Å². The molecule has 3 heterocycles. The van der Waals surface area contributed by atoms with Gasteiger partial charge >= 0.3 is 5.69 Å². The second kappa shape index (κ2) is 5.92. The number of nitrogens with one attached hydrogen (secondary N) is 2. The van der Waals surface area contributed by atoms with Crippen molar-refractivity contribution in [3.8, 4) is 22.5 Å². The van der Waals surface area contributed by atoms with E-state index in [2.05, 4.69) is 30.6 Å². The van der Waals surface area contributed by atoms with Crippen LogP contribution in [-0.4, -0.2) is 35.2 Å². The summed E-state index contributed by atoms with van der Waals surface area (Å²) in [6.45, 7) is 0.426. The molecule has 0 bridgehead atoms. The normalized spacial score (nSPS) is 10.8. The maximum absolute atomic E-state index is 11.5. The number of tetrazole rings is 1. The highest BCUT2D eigenvalue weighted by atomic mass is 16.1. The molecular formula is C16H13N7O. The van der Waals surface area contributed by atoms with Crippen LogP contribution in [0.5, 0.6) is 0 Å². The molecule has 0 spiro atoms. The molecule has 4 rings (SSSR count). The summed E-state index contributed by atoms with van der Waals surface area (Å²) in [6.07, 6.45) is 5.09. The number of hydrogen-bond donors (Lipinski definition) is 2. The Morgan fingerprint density at radius 1 is 1.08 bits per heavy atom. The first-order chi connectivity index (χ1) is 11.8. The third-order valence-corrected chi connectivity index (χ3v) is 3.70. The molecule has 8 heteroatoms. The molecule has 0 aliphatic carbocycles. The fraction of sp³-hybridized carbons (Fsp3) is 0.0625. The molecule has 1 aromatic carbocycles. The second-order valence-electron chi connectivity index (χ2n) is 5.21. The Morgan fingerprint density at radius 2 is 1.96 bits per heavy atom. The average molecular weight is 319 g/mol. The van der Waals surface area contributed by atoms with Gasteiger partial charge in [-0.2, -0.15) is 5.21 Å². The van der Waals surface area contributed by atoms with E-state index in [4.69, 9.17) is 0 Å². The molecule has 0 aliphatic rings. The largest absolute Gasteiger partial charge is 0.325 e. The van der Waals surface area contributed by atoms with E-state index in [1.54, 1.807) is 23.2 Å². The monoisotopic (exact) mass is 319 g/mol. The number of imidazole rings is 1. The van der Waals surface area contributed by atoms with Crippen LogP contribution in [-0.2, 0) is 6.54 Å². The van der Waals surface area contributed by atoms with Crippen LogP contribution in [0.1, 0.15) is 5.69 Å². The molecule has 118 valence electrons. The highest BCUT2D eigenvalue weighted by Crippen LogP contribution is 2.29. The zero-order valence-electron chi connectivity index (χ0n) is 12.5. The van der Waals surface area contributed by atoms with E-state index in [9.17, 15) is 4.79 Å². The van der Waals surface area contributed by atoms with E-state index in [-0.39, 0.29) is 5.69 Å². The molecule has 0 unspecified atom stereocenters. The summed E-state index contributed by atoms with van der Waals surface area (Å²) < 4.78 is 1.56. The number of aromatic nitrogens is 7. The Hall–Kier alpha value is -3.55. The minimum atomic E-state index is -0.150. The van der Waals surface area contributed by atoms with Crippen LogP contribution >= 0.6 is 0 Å². The minimum Gasteiger partial charge on any atom is -0.313 e. The van der Waals surface area contributed by atoms with Gasteiger partial charge in [0.2, 0.25) is 5.82 Å². The quantitative estimate of drug-likeness (QED) is 0.592. The molecule has 0 fully saturated rings. The number of aromatic amines is 2. The van der Waals surface area contributed by atoms with Gasteiger partial charge in [0.05, 0.1) is 12.2 Å². The third-order valence-electron chi connectivity index (χ3n) is 3.70. The Balaban J connectivity index is 1.67. The molecule has 4 aromatic rings. The summed E-state index contributed by atoms with van der Waals surface area (Å²) >= 11 is 0. The summed E-state index contributed by atoms with van der Waals surface area (Å²) in [7, 11) is 0. The van der Waals surface area contributed by atoms with Crippen LogP contribution in [0.4, 0.5) is 0 Å². The number of nitrogens with zero attached hydrogens (tertiary/aromatic N) is 5. The Kier molecular flexibility index (Phi) is 3.47. The maximum atomic E-state index is 11.5. The Bertz CT molecular complexity index is 999. The predicted octanol–water partition coefficient (Wildman–Crippen LogP) is 1.47. The van der Waals surface area contributed by atoms with Crippen LogP contribution in [0.15, 0.2) is 59.8 Å². The van der Waals surface area contributed by atoms with Crippen LogP contribution in [0.3, 0.4) is 0 Å². The molecular weight excluding hydrogens is 306 g/mol. The van der Waals surface area contributed by atoms with Gasteiger partial charge < -0.3 is 4.98 Å². The Labute approximate surface area is 136 Å². The fourth-order valence-corrected chi connectivity index (χ4v) is 2.53. The fourth-order valence-electron chi connectivity index (χ4n) is 2.53. The molecule has 3 aromatic heterocycles. The summed E-state index contributed by atoms with van der Waals surface area (Å²) in [4.78, 5) is 18.6. The van der Waals surface area contributed by atoms with Gasteiger partial charge in [0.1, 0.15) is 0 Å². The molecule has 0 amide bonds. The third kappa shape index (κ3) is 2.60. The minimum absolute atomic E-state index is 0.150. The van der Waals surface area contributed by atoms with E-state index in [0.717, 1.165) is 22.4 Å². The first-order valence-electron chi connectivity index (χ1n) is 7.33. The highest BCUT2D eigenvalue weighted by molar-refractivity contribution is 5.79. The number of hydrogen-bond acceptors (Lipinski definition) is 5. The van der Waals surface area contributed by atoms with Crippen molar-refractivity contribution < 1.29 is 0 Å². The van der Waals surface area contributed by atoms with E-state index in [0.29, 0.717) is 12.4 Å². The Morgan fingerprint density at radius 3 is 2.62 bits per heavy atom. The number of benzene rings is 1. The van der Waals surface area contributed by atoms with Gasteiger partial charge in [-0.1, -0.05) is 30.3 Å². The van der Waals surface area contributed by atoms with E-state index < -0.39 is 0 Å². The summed E-state index contributed by atoms with van der Waals surface area (Å²) in [6, 6.07) is 11.7. The first-order valence-corrected chi connectivity index (χ1v) is 7.33. The van der Waals surface area contributed by atoms with Crippen molar-refractivity contribution in [2.24, 2.45) is 0 Å². The standard InChI is InChI=1S/C16H13N7O/c24-16-17-7-8-23(16)10-12-6-5-11(9-18-12)13-3-1-2-4-14(13)15-19-21-22-20-15/h1-9H,10H2,(H,17,24)(H,19,20,21,22). The second-order valence-corrected chi connectivity index (χ2v) is 5.21. The van der Waals surface area contributed by atoms with Gasteiger partial charge in [-0.05, 0) is 16.8 Å². The van der Waals surface area contributed by atoms with Crippen molar-refractivity contribution in [1.29, 1.82) is 0 Å². The first kappa shape index (κ1) is 14.1. The van der Waals surface area contributed by atoms with Crippen molar-refractivity contribution in [2.75, 3.05) is 0 Å². The number of rotatable bonds is 4. The van der Waals surface area contributed by atoms with Crippen LogP contribution in [0.25, 0.3) is 22.5 Å². The molecule has 8 nitrogen and oxygen atoms in total.